The molecule has 6 heteroatoms. The van der Waals surface area contributed by atoms with Crippen LogP contribution < -0.4 is 15.5 Å². The van der Waals surface area contributed by atoms with E-state index in [1.165, 1.54) is 5.69 Å². The van der Waals surface area contributed by atoms with Crippen LogP contribution in [-0.2, 0) is 4.74 Å². The molecule has 0 saturated carbocycles. The van der Waals surface area contributed by atoms with Gasteiger partial charge >= 0.3 is 0 Å². The highest BCUT2D eigenvalue weighted by Gasteiger charge is 2.00. The van der Waals surface area contributed by atoms with Crippen LogP contribution in [0.5, 0.6) is 0 Å². The lowest BCUT2D eigenvalue weighted by atomic mass is 10.3. The number of hydrogen-bond donors (Lipinski definition) is 2. The molecule has 0 unspecified atom stereocenters. The molecule has 0 radical (unpaired) electrons. The number of likely N-dealkylation sites (N-methyl/N-ethyl adjacent to an activating group) is 1. The molecule has 0 spiro atoms. The van der Waals surface area contributed by atoms with Gasteiger partial charge in [-0.25, -0.2) is 0 Å². The molecule has 2 N–H and O–H groups in total. The first-order chi connectivity index (χ1) is 9.77. The fraction of sp³-hybridized carbons (Fsp3) is 0.533. The second-order valence-corrected chi connectivity index (χ2v) is 4.44. The van der Waals surface area contributed by atoms with E-state index in [9.17, 15) is 0 Å². The Kier molecular flexibility index (Phi) is 12.1. The number of halogens is 1. The lowest BCUT2D eigenvalue weighted by Crippen LogP contribution is -2.41. The average molecular weight is 406 g/mol. The fourth-order valence-electron chi connectivity index (χ4n) is 1.74. The Morgan fingerprint density at radius 2 is 1.95 bits per heavy atom. The van der Waals surface area contributed by atoms with Crippen LogP contribution in [0.2, 0.25) is 0 Å². The molecule has 0 bridgehead atoms. The van der Waals surface area contributed by atoms with Crippen molar-refractivity contribution in [3.05, 3.63) is 30.3 Å². The molecule has 0 aromatic heterocycles. The number of aliphatic imine (C=N–C) groups is 1. The Labute approximate surface area is 145 Å². The minimum atomic E-state index is 0. The highest BCUT2D eigenvalue weighted by atomic mass is 127. The van der Waals surface area contributed by atoms with E-state index in [0.29, 0.717) is 13.2 Å². The molecule has 120 valence electrons. The summed E-state index contributed by atoms with van der Waals surface area (Å²) in [5, 5.41) is 6.54. The maximum atomic E-state index is 5.00. The van der Waals surface area contributed by atoms with Crippen molar-refractivity contribution in [2.45, 2.75) is 6.92 Å². The number of nitrogens with one attached hydrogen (secondary N) is 2. The van der Waals surface area contributed by atoms with Crippen LogP contribution in [0.25, 0.3) is 0 Å². The number of benzene rings is 1. The van der Waals surface area contributed by atoms with E-state index in [-0.39, 0.29) is 24.0 Å². The summed E-state index contributed by atoms with van der Waals surface area (Å²) in [5.41, 5.74) is 1.22. The summed E-state index contributed by atoms with van der Waals surface area (Å²) in [5.74, 6) is 0.839. The Morgan fingerprint density at radius 1 is 1.24 bits per heavy atom. The number of guanidine groups is 1. The van der Waals surface area contributed by atoms with Crippen molar-refractivity contribution in [3.63, 3.8) is 0 Å². The van der Waals surface area contributed by atoms with Gasteiger partial charge in [-0.05, 0) is 19.1 Å². The largest absolute Gasteiger partial charge is 0.383 e. The van der Waals surface area contributed by atoms with Gasteiger partial charge in [0.15, 0.2) is 5.96 Å². The summed E-state index contributed by atoms with van der Waals surface area (Å²) in [6.45, 7) is 5.97. The molecule has 0 fully saturated rings. The van der Waals surface area contributed by atoms with Crippen molar-refractivity contribution in [2.75, 3.05) is 51.8 Å². The number of nitrogens with zero attached hydrogens (tertiary/aromatic N) is 2. The van der Waals surface area contributed by atoms with E-state index in [1.807, 2.05) is 6.07 Å². The second kappa shape index (κ2) is 12.7. The van der Waals surface area contributed by atoms with Crippen molar-refractivity contribution in [1.82, 2.24) is 10.6 Å². The first-order valence-electron chi connectivity index (χ1n) is 7.05. The van der Waals surface area contributed by atoms with E-state index in [1.54, 1.807) is 7.11 Å². The number of anilines is 1. The third-order valence-corrected chi connectivity index (χ3v) is 2.85. The maximum absolute atomic E-state index is 5.00. The molecule has 1 rings (SSSR count). The third-order valence-electron chi connectivity index (χ3n) is 2.85. The summed E-state index contributed by atoms with van der Waals surface area (Å²) in [6, 6.07) is 10.3. The summed E-state index contributed by atoms with van der Waals surface area (Å²) in [6.07, 6.45) is 0. The van der Waals surface area contributed by atoms with Gasteiger partial charge in [0.2, 0.25) is 0 Å². The van der Waals surface area contributed by atoms with Crippen LogP contribution in [0, 0.1) is 0 Å². The number of rotatable bonds is 8. The normalized spacial score (nSPS) is 10.7. The molecule has 5 nitrogen and oxygen atoms in total. The molecule has 0 saturated heterocycles. The van der Waals surface area contributed by atoms with Crippen molar-refractivity contribution in [2.24, 2.45) is 4.99 Å². The number of methoxy groups -OCH3 is 1. The topological polar surface area (TPSA) is 48.9 Å². The van der Waals surface area contributed by atoms with E-state index >= 15 is 0 Å². The first-order valence-corrected chi connectivity index (χ1v) is 7.05. The van der Waals surface area contributed by atoms with Gasteiger partial charge in [-0.3, -0.25) is 4.99 Å². The zero-order chi connectivity index (χ0) is 14.6. The predicted molar refractivity (Wildman–Crippen MR) is 101 cm³/mol. The van der Waals surface area contributed by atoms with Gasteiger partial charge in [0.25, 0.3) is 0 Å². The first kappa shape index (κ1) is 20.0. The SMILES string of the molecule is CCNC(=NCCOC)NCCN(C)c1ccccc1.I. The van der Waals surface area contributed by atoms with Crippen molar-refractivity contribution in [3.8, 4) is 0 Å². The molecule has 0 aliphatic heterocycles. The summed E-state index contributed by atoms with van der Waals surface area (Å²) in [4.78, 5) is 6.64. The lowest BCUT2D eigenvalue weighted by Gasteiger charge is -2.20. The van der Waals surface area contributed by atoms with Crippen molar-refractivity contribution < 1.29 is 4.74 Å². The minimum Gasteiger partial charge on any atom is -0.383 e. The van der Waals surface area contributed by atoms with Gasteiger partial charge in [0.1, 0.15) is 0 Å². The highest BCUT2D eigenvalue weighted by molar-refractivity contribution is 14.0. The number of hydrogen-bond acceptors (Lipinski definition) is 3. The Bertz CT molecular complexity index is 387. The Balaban J connectivity index is 0.00000400. The van der Waals surface area contributed by atoms with Crippen LogP contribution in [-0.4, -0.2) is 52.9 Å². The van der Waals surface area contributed by atoms with Crippen molar-refractivity contribution >= 4 is 35.6 Å². The van der Waals surface area contributed by atoms with E-state index in [4.69, 9.17) is 4.74 Å². The maximum Gasteiger partial charge on any atom is 0.191 e. The molecule has 21 heavy (non-hydrogen) atoms. The Morgan fingerprint density at radius 3 is 2.57 bits per heavy atom. The molecule has 1 aromatic rings. The van der Waals surface area contributed by atoms with Crippen LogP contribution >= 0.6 is 24.0 Å². The molecule has 0 amide bonds. The van der Waals surface area contributed by atoms with Gasteiger partial charge in [-0.2, -0.15) is 0 Å². The van der Waals surface area contributed by atoms with Crippen LogP contribution in [0.1, 0.15) is 6.92 Å². The Hall–Kier alpha value is -1.02. The van der Waals surface area contributed by atoms with Gasteiger partial charge < -0.3 is 20.3 Å². The summed E-state index contributed by atoms with van der Waals surface area (Å²) >= 11 is 0. The fourth-order valence-corrected chi connectivity index (χ4v) is 1.74. The molecule has 1 aromatic carbocycles. The van der Waals surface area contributed by atoms with Gasteiger partial charge in [0.05, 0.1) is 13.2 Å². The minimum absolute atomic E-state index is 0. The molecule has 0 aliphatic rings. The lowest BCUT2D eigenvalue weighted by molar-refractivity contribution is 0.208. The molecule has 0 heterocycles. The molecular weight excluding hydrogens is 379 g/mol. The van der Waals surface area contributed by atoms with Crippen LogP contribution in [0.4, 0.5) is 5.69 Å². The highest BCUT2D eigenvalue weighted by Crippen LogP contribution is 2.09. The van der Waals surface area contributed by atoms with E-state index < -0.39 is 0 Å². The van der Waals surface area contributed by atoms with Gasteiger partial charge in [-0.1, -0.05) is 18.2 Å². The smallest absolute Gasteiger partial charge is 0.191 e. The predicted octanol–water partition coefficient (Wildman–Crippen LogP) is 1.94. The van der Waals surface area contributed by atoms with Gasteiger partial charge in [0, 0.05) is 39.5 Å². The third kappa shape index (κ3) is 8.77. The second-order valence-electron chi connectivity index (χ2n) is 4.44. The van der Waals surface area contributed by atoms with E-state index in [0.717, 1.165) is 25.6 Å². The molecule has 0 aliphatic carbocycles. The van der Waals surface area contributed by atoms with Crippen LogP contribution in [0.3, 0.4) is 0 Å². The van der Waals surface area contributed by atoms with Crippen molar-refractivity contribution in [1.29, 1.82) is 0 Å². The quantitative estimate of drug-likeness (QED) is 0.300. The molecule has 0 atom stereocenters. The number of para-hydroxylation sites is 1. The summed E-state index contributed by atoms with van der Waals surface area (Å²) < 4.78 is 5.00. The van der Waals surface area contributed by atoms with Crippen LogP contribution in [0.15, 0.2) is 35.3 Å². The summed E-state index contributed by atoms with van der Waals surface area (Å²) in [7, 11) is 3.77. The monoisotopic (exact) mass is 406 g/mol. The number of ether oxygens (including phenoxy) is 1. The van der Waals surface area contributed by atoms with E-state index in [2.05, 4.69) is 58.8 Å². The standard InChI is InChI=1S/C15H26N4O.HI/c1-4-16-15(18-11-13-20-3)17-10-12-19(2)14-8-6-5-7-9-14;/h5-9H,4,10-13H2,1-3H3,(H2,16,17,18);1H. The van der Waals surface area contributed by atoms with Gasteiger partial charge in [-0.15, -0.1) is 24.0 Å². The average Bonchev–Trinajstić information content (AvgIpc) is 2.48. The zero-order valence-electron chi connectivity index (χ0n) is 13.1. The zero-order valence-corrected chi connectivity index (χ0v) is 15.5. The molecular formula is C15H27IN4O.